The molecule has 0 aliphatic rings. The molecule has 2 heterocycles. The Morgan fingerprint density at radius 1 is 1.23 bits per heavy atom. The third-order valence-electron chi connectivity index (χ3n) is 3.16. The number of nitrogens with one attached hydrogen (secondary N) is 1. The Morgan fingerprint density at radius 2 is 2.05 bits per heavy atom. The number of aryl methyl sites for hydroxylation is 2. The Balaban J connectivity index is 1.84. The molecule has 0 spiro atoms. The molecular formula is C16H15N3OS2. The van der Waals surface area contributed by atoms with E-state index in [1.54, 1.807) is 29.6 Å². The zero-order chi connectivity index (χ0) is 15.7. The summed E-state index contributed by atoms with van der Waals surface area (Å²) in [6, 6.07) is 7.44. The van der Waals surface area contributed by atoms with E-state index < -0.39 is 0 Å². The Hall–Kier alpha value is -2.05. The number of hydrogen-bond donors (Lipinski definition) is 1. The van der Waals surface area contributed by atoms with Gasteiger partial charge < -0.3 is 5.32 Å². The van der Waals surface area contributed by atoms with Crippen LogP contribution in [0.5, 0.6) is 0 Å². The molecule has 3 rings (SSSR count). The zero-order valence-electron chi connectivity index (χ0n) is 12.5. The van der Waals surface area contributed by atoms with Crippen molar-refractivity contribution in [3.05, 3.63) is 45.9 Å². The first-order valence-corrected chi connectivity index (χ1v) is 8.50. The van der Waals surface area contributed by atoms with E-state index in [1.807, 2.05) is 43.5 Å². The summed E-state index contributed by atoms with van der Waals surface area (Å²) in [7, 11) is 0. The second-order valence-electron chi connectivity index (χ2n) is 4.95. The molecule has 0 bridgehead atoms. The molecule has 1 N–H and O–H groups in total. The topological polar surface area (TPSA) is 54.9 Å². The first-order chi connectivity index (χ1) is 10.5. The molecule has 0 saturated carbocycles. The van der Waals surface area contributed by atoms with E-state index in [-0.39, 0.29) is 5.78 Å². The van der Waals surface area contributed by atoms with Gasteiger partial charge >= 0.3 is 0 Å². The van der Waals surface area contributed by atoms with Gasteiger partial charge in [0.1, 0.15) is 0 Å². The Bertz CT molecular complexity index is 836. The largest absolute Gasteiger partial charge is 0.332 e. The summed E-state index contributed by atoms with van der Waals surface area (Å²) in [5, 5.41) is 7.13. The van der Waals surface area contributed by atoms with Gasteiger partial charge in [0.15, 0.2) is 10.9 Å². The zero-order valence-corrected chi connectivity index (χ0v) is 14.1. The lowest BCUT2D eigenvalue weighted by atomic mass is 10.1. The normalized spacial score (nSPS) is 10.7. The predicted molar refractivity (Wildman–Crippen MR) is 92.4 cm³/mol. The van der Waals surface area contributed by atoms with Gasteiger partial charge in [-0.05, 0) is 32.9 Å². The van der Waals surface area contributed by atoms with E-state index in [2.05, 4.69) is 15.3 Å². The van der Waals surface area contributed by atoms with Gasteiger partial charge in [-0.2, -0.15) is 0 Å². The lowest BCUT2D eigenvalue weighted by molar-refractivity contribution is 0.101. The van der Waals surface area contributed by atoms with Crippen LogP contribution in [-0.2, 0) is 0 Å². The van der Waals surface area contributed by atoms with Gasteiger partial charge in [-0.25, -0.2) is 9.97 Å². The molecule has 0 fully saturated rings. The fraction of sp³-hybridized carbons (Fsp3) is 0.188. The van der Waals surface area contributed by atoms with Crippen LogP contribution in [0.2, 0.25) is 0 Å². The van der Waals surface area contributed by atoms with Gasteiger partial charge in [0, 0.05) is 16.6 Å². The van der Waals surface area contributed by atoms with E-state index in [0.717, 1.165) is 32.1 Å². The maximum absolute atomic E-state index is 11.4. The number of carbonyl (C=O) groups excluding carboxylic acids is 1. The highest BCUT2D eigenvalue weighted by atomic mass is 32.1. The van der Waals surface area contributed by atoms with Crippen molar-refractivity contribution in [2.75, 3.05) is 5.32 Å². The molecule has 0 radical (unpaired) electrons. The van der Waals surface area contributed by atoms with Crippen LogP contribution >= 0.6 is 22.7 Å². The Kier molecular flexibility index (Phi) is 4.04. The number of aromatic nitrogens is 2. The van der Waals surface area contributed by atoms with Crippen LogP contribution in [0.15, 0.2) is 29.6 Å². The third-order valence-corrected chi connectivity index (χ3v) is 5.01. The SMILES string of the molecule is CC(=O)c1cccc(Nc2nc(-c3sc(C)nc3C)cs2)c1. The molecular weight excluding hydrogens is 314 g/mol. The van der Waals surface area contributed by atoms with Crippen LogP contribution < -0.4 is 5.32 Å². The number of nitrogens with zero attached hydrogens (tertiary/aromatic N) is 2. The van der Waals surface area contributed by atoms with Crippen molar-refractivity contribution in [3.63, 3.8) is 0 Å². The second kappa shape index (κ2) is 5.98. The maximum atomic E-state index is 11.4. The van der Waals surface area contributed by atoms with Crippen molar-refractivity contribution in [2.45, 2.75) is 20.8 Å². The monoisotopic (exact) mass is 329 g/mol. The molecule has 4 nitrogen and oxygen atoms in total. The van der Waals surface area contributed by atoms with E-state index in [9.17, 15) is 4.79 Å². The maximum Gasteiger partial charge on any atom is 0.187 e. The molecule has 0 unspecified atom stereocenters. The van der Waals surface area contributed by atoms with Crippen molar-refractivity contribution in [2.24, 2.45) is 0 Å². The van der Waals surface area contributed by atoms with Crippen LogP contribution in [0.25, 0.3) is 10.6 Å². The number of hydrogen-bond acceptors (Lipinski definition) is 6. The number of Topliss-reactive ketones (excluding diaryl/α,β-unsaturated/α-hetero) is 1. The van der Waals surface area contributed by atoms with Crippen molar-refractivity contribution < 1.29 is 4.79 Å². The molecule has 3 aromatic rings. The van der Waals surface area contributed by atoms with E-state index >= 15 is 0 Å². The predicted octanol–water partition coefficient (Wildman–Crippen LogP) is 4.83. The highest BCUT2D eigenvalue weighted by Crippen LogP contribution is 2.33. The van der Waals surface area contributed by atoms with Crippen LogP contribution in [0.3, 0.4) is 0 Å². The summed E-state index contributed by atoms with van der Waals surface area (Å²) in [6.07, 6.45) is 0. The lowest BCUT2D eigenvalue weighted by Gasteiger charge is -2.03. The van der Waals surface area contributed by atoms with Gasteiger partial charge in [0.25, 0.3) is 0 Å². The van der Waals surface area contributed by atoms with Gasteiger partial charge in [-0.1, -0.05) is 12.1 Å². The van der Waals surface area contributed by atoms with Crippen molar-refractivity contribution in [1.82, 2.24) is 9.97 Å². The van der Waals surface area contributed by atoms with Crippen molar-refractivity contribution >= 4 is 39.3 Å². The second-order valence-corrected chi connectivity index (χ2v) is 7.01. The number of ketones is 1. The van der Waals surface area contributed by atoms with Crippen LogP contribution in [0.4, 0.5) is 10.8 Å². The number of anilines is 2. The Labute approximate surface area is 136 Å². The molecule has 1 aromatic carbocycles. The Morgan fingerprint density at radius 3 is 2.73 bits per heavy atom. The fourth-order valence-corrected chi connectivity index (χ4v) is 3.82. The summed E-state index contributed by atoms with van der Waals surface area (Å²) in [5.74, 6) is 0.0548. The average Bonchev–Trinajstić information content (AvgIpc) is 3.05. The smallest absolute Gasteiger partial charge is 0.187 e. The number of carbonyl (C=O) groups is 1. The molecule has 0 amide bonds. The average molecular weight is 329 g/mol. The van der Waals surface area contributed by atoms with E-state index in [0.29, 0.717) is 5.56 Å². The quantitative estimate of drug-likeness (QED) is 0.697. The minimum Gasteiger partial charge on any atom is -0.332 e. The van der Waals surface area contributed by atoms with Gasteiger partial charge in [0.05, 0.1) is 21.3 Å². The molecule has 112 valence electrons. The fourth-order valence-electron chi connectivity index (χ4n) is 2.14. The molecule has 0 aliphatic heterocycles. The highest BCUT2D eigenvalue weighted by Gasteiger charge is 2.11. The highest BCUT2D eigenvalue weighted by molar-refractivity contribution is 7.16. The van der Waals surface area contributed by atoms with E-state index in [4.69, 9.17) is 0 Å². The summed E-state index contributed by atoms with van der Waals surface area (Å²) in [4.78, 5) is 21.6. The number of thiazole rings is 2. The summed E-state index contributed by atoms with van der Waals surface area (Å²) in [5.41, 5.74) is 3.51. The molecule has 0 aliphatic carbocycles. The summed E-state index contributed by atoms with van der Waals surface area (Å²) >= 11 is 3.20. The first kappa shape index (κ1) is 14.9. The number of rotatable bonds is 4. The van der Waals surface area contributed by atoms with Crippen LogP contribution in [-0.4, -0.2) is 15.8 Å². The van der Waals surface area contributed by atoms with Crippen LogP contribution in [0.1, 0.15) is 28.0 Å². The van der Waals surface area contributed by atoms with E-state index in [1.165, 1.54) is 0 Å². The molecule has 0 atom stereocenters. The lowest BCUT2D eigenvalue weighted by Crippen LogP contribution is -1.95. The summed E-state index contributed by atoms with van der Waals surface area (Å²) < 4.78 is 0. The van der Waals surface area contributed by atoms with Crippen LogP contribution in [0, 0.1) is 13.8 Å². The molecule has 22 heavy (non-hydrogen) atoms. The third kappa shape index (κ3) is 3.08. The minimum absolute atomic E-state index is 0.0548. The standard InChI is InChI=1S/C16H15N3OS2/c1-9-15(22-11(3)17-9)14-8-21-16(19-14)18-13-6-4-5-12(7-13)10(2)20/h4-8H,1-3H3,(H,18,19). The van der Waals surface area contributed by atoms with Gasteiger partial charge in [-0.3, -0.25) is 4.79 Å². The molecule has 6 heteroatoms. The van der Waals surface area contributed by atoms with Gasteiger partial charge in [-0.15, -0.1) is 22.7 Å². The van der Waals surface area contributed by atoms with Crippen molar-refractivity contribution in [3.8, 4) is 10.6 Å². The summed E-state index contributed by atoms with van der Waals surface area (Å²) in [6.45, 7) is 5.57. The van der Waals surface area contributed by atoms with Crippen molar-refractivity contribution in [1.29, 1.82) is 0 Å². The van der Waals surface area contributed by atoms with Gasteiger partial charge in [0.2, 0.25) is 0 Å². The minimum atomic E-state index is 0.0548. The molecule has 2 aromatic heterocycles. The first-order valence-electron chi connectivity index (χ1n) is 6.81. The number of benzene rings is 1. The molecule has 0 saturated heterocycles.